The summed E-state index contributed by atoms with van der Waals surface area (Å²) < 4.78 is 26.3. The van der Waals surface area contributed by atoms with E-state index in [1.54, 1.807) is 43.5 Å². The first-order chi connectivity index (χ1) is 19.2. The minimum Gasteiger partial charge on any atom is -0.389 e. The number of carbonyl (C=O) groups is 2. The number of benzene rings is 1. The van der Waals surface area contributed by atoms with Gasteiger partial charge in [-0.05, 0) is 19.1 Å². The summed E-state index contributed by atoms with van der Waals surface area (Å²) in [7, 11) is -2.99. The van der Waals surface area contributed by atoms with Gasteiger partial charge in [-0.2, -0.15) is 0 Å². The van der Waals surface area contributed by atoms with Crippen LogP contribution in [-0.2, 0) is 25.7 Å². The molecule has 0 unspecified atom stereocenters. The molecule has 0 spiro atoms. The molecule has 0 saturated carbocycles. The minimum absolute atomic E-state index is 0.0174. The van der Waals surface area contributed by atoms with Crippen LogP contribution < -0.4 is 5.32 Å². The van der Waals surface area contributed by atoms with Gasteiger partial charge in [0.25, 0.3) is 5.91 Å². The summed E-state index contributed by atoms with van der Waals surface area (Å²) in [6, 6.07) is 6.51. The van der Waals surface area contributed by atoms with E-state index < -0.39 is 16.5 Å². The van der Waals surface area contributed by atoms with Gasteiger partial charge in [-0.25, -0.2) is 4.98 Å². The molecule has 2 aromatic rings. The third-order valence-electron chi connectivity index (χ3n) is 7.04. The van der Waals surface area contributed by atoms with E-state index >= 15 is 0 Å². The Hall–Kier alpha value is -3.36. The van der Waals surface area contributed by atoms with Gasteiger partial charge in [0.2, 0.25) is 5.91 Å². The van der Waals surface area contributed by atoms with Crippen LogP contribution in [0.2, 0.25) is 0 Å². The monoisotopic (exact) mass is 570 g/mol. The second-order valence-electron chi connectivity index (χ2n) is 10.1. The maximum atomic E-state index is 13.3. The molecule has 2 fully saturated rings. The topological polar surface area (TPSA) is 150 Å². The summed E-state index contributed by atoms with van der Waals surface area (Å²) in [5.41, 5.74) is 1.22. The molecule has 2 saturated heterocycles. The van der Waals surface area contributed by atoms with Crippen LogP contribution in [0.4, 0.5) is 5.82 Å². The summed E-state index contributed by atoms with van der Waals surface area (Å²) in [5.74, 6) is -0.203. The highest BCUT2D eigenvalue weighted by Crippen LogP contribution is 2.61. The van der Waals surface area contributed by atoms with Crippen molar-refractivity contribution in [2.24, 2.45) is 5.16 Å². The fourth-order valence-electron chi connectivity index (χ4n) is 4.73. The van der Waals surface area contributed by atoms with Gasteiger partial charge in [0.05, 0.1) is 36.2 Å². The first-order valence-corrected chi connectivity index (χ1v) is 14.8. The molecule has 12 nitrogen and oxygen atoms in total. The van der Waals surface area contributed by atoms with Gasteiger partial charge < -0.3 is 19.8 Å². The molecule has 1 aromatic carbocycles. The van der Waals surface area contributed by atoms with Crippen LogP contribution in [0.25, 0.3) is 0 Å². The number of ether oxygens (including phenoxy) is 1. The van der Waals surface area contributed by atoms with Crippen molar-refractivity contribution >= 4 is 33.9 Å². The molecule has 3 aliphatic rings. The van der Waals surface area contributed by atoms with E-state index in [0.717, 1.165) is 18.8 Å². The maximum Gasteiger partial charge on any atom is 0.279 e. The fraction of sp³-hybridized carbons (Fsp3) is 0.444. The number of piperazine rings is 1. The van der Waals surface area contributed by atoms with Crippen molar-refractivity contribution in [2.75, 3.05) is 38.2 Å². The standard InChI is InChI=1S/C27H34N6O6S/c1-18-15-32(10-11-33(18)19(2)34)16-21-13-29-25(14-28-21)30-27(35)26(31-39-22-9-12-38-17-22)20-3-5-23(6-4-20)40(36,37)24-7-8-24/h3-7,13-14,18,22,36-37H,8-12,15-17H2,1-2H3,(H,29,30,35)/t18-,22+/m0/s1. The highest BCUT2D eigenvalue weighted by atomic mass is 32.3. The van der Waals surface area contributed by atoms with Gasteiger partial charge >= 0.3 is 0 Å². The average Bonchev–Trinajstić information content (AvgIpc) is 3.67. The zero-order valence-corrected chi connectivity index (χ0v) is 23.3. The average molecular weight is 571 g/mol. The number of nitrogens with one attached hydrogen (secondary N) is 1. The molecule has 3 heterocycles. The molecule has 13 heteroatoms. The lowest BCUT2D eigenvalue weighted by Crippen LogP contribution is -2.53. The SMILES string of the molecule is CC(=O)N1CCN(Cc2cnc(NC(=O)C(=NO[C@@H]3CCOC3)c3ccc(S(O)(O)C4=CC4)cc3)cn2)C[C@@H]1C. The predicted octanol–water partition coefficient (Wildman–Crippen LogP) is 3.07. The Bertz CT molecular complexity index is 1290. The summed E-state index contributed by atoms with van der Waals surface area (Å²) in [4.78, 5) is 44.5. The Labute approximate surface area is 234 Å². The Morgan fingerprint density at radius 2 is 1.98 bits per heavy atom. The second-order valence-corrected chi connectivity index (χ2v) is 12.2. The number of anilines is 1. The quantitative estimate of drug-likeness (QED) is 0.305. The molecule has 5 rings (SSSR count). The number of hydrogen-bond acceptors (Lipinski definition) is 10. The van der Waals surface area contributed by atoms with Crippen molar-refractivity contribution in [3.8, 4) is 0 Å². The molecule has 1 aliphatic carbocycles. The summed E-state index contributed by atoms with van der Waals surface area (Å²) >= 11 is 0. The smallest absolute Gasteiger partial charge is 0.279 e. The Morgan fingerprint density at radius 3 is 2.58 bits per heavy atom. The summed E-state index contributed by atoms with van der Waals surface area (Å²) in [6.07, 6.45) is 5.90. The lowest BCUT2D eigenvalue weighted by molar-refractivity contribution is -0.133. The number of allylic oxidation sites excluding steroid dienone is 2. The number of amides is 2. The van der Waals surface area contributed by atoms with Crippen LogP contribution in [0.15, 0.2) is 57.7 Å². The zero-order chi connectivity index (χ0) is 28.3. The lowest BCUT2D eigenvalue weighted by atomic mass is 10.1. The fourth-order valence-corrected chi connectivity index (χ4v) is 6.09. The number of carbonyl (C=O) groups excluding carboxylic acids is 2. The van der Waals surface area contributed by atoms with E-state index in [1.807, 2.05) is 11.8 Å². The second kappa shape index (κ2) is 12.0. The van der Waals surface area contributed by atoms with Crippen LogP contribution in [0, 0.1) is 0 Å². The van der Waals surface area contributed by atoms with Crippen molar-refractivity contribution in [1.82, 2.24) is 19.8 Å². The number of hydrogen-bond donors (Lipinski definition) is 3. The number of oxime groups is 1. The van der Waals surface area contributed by atoms with E-state index in [-0.39, 0.29) is 29.6 Å². The third kappa shape index (κ3) is 6.67. The van der Waals surface area contributed by atoms with Gasteiger partial charge in [-0.3, -0.25) is 28.6 Å². The molecular formula is C27H34N6O6S. The number of aromatic nitrogens is 2. The van der Waals surface area contributed by atoms with Crippen molar-refractivity contribution in [3.63, 3.8) is 0 Å². The number of rotatable bonds is 9. The lowest BCUT2D eigenvalue weighted by Gasteiger charge is -2.39. The molecule has 2 aliphatic heterocycles. The van der Waals surface area contributed by atoms with E-state index in [9.17, 15) is 18.7 Å². The predicted molar refractivity (Wildman–Crippen MR) is 150 cm³/mol. The van der Waals surface area contributed by atoms with Gasteiger partial charge in [0, 0.05) is 62.5 Å². The van der Waals surface area contributed by atoms with Gasteiger partial charge in [-0.1, -0.05) is 23.4 Å². The molecule has 1 aromatic heterocycles. The van der Waals surface area contributed by atoms with Gasteiger partial charge in [0.1, 0.15) is 0 Å². The van der Waals surface area contributed by atoms with Gasteiger partial charge in [0.15, 0.2) is 17.6 Å². The third-order valence-corrected chi connectivity index (χ3v) is 9.03. The molecule has 0 radical (unpaired) electrons. The molecule has 40 heavy (non-hydrogen) atoms. The highest BCUT2D eigenvalue weighted by Gasteiger charge is 2.28. The van der Waals surface area contributed by atoms with E-state index in [2.05, 4.69) is 25.3 Å². The Balaban J connectivity index is 1.25. The van der Waals surface area contributed by atoms with Crippen LogP contribution in [-0.4, -0.2) is 91.4 Å². The van der Waals surface area contributed by atoms with Crippen LogP contribution in [0.1, 0.15) is 37.9 Å². The highest BCUT2D eigenvalue weighted by molar-refractivity contribution is 8.27. The normalized spacial score (nSPS) is 22.1. The van der Waals surface area contributed by atoms with Crippen molar-refractivity contribution in [3.05, 3.63) is 58.9 Å². The summed E-state index contributed by atoms with van der Waals surface area (Å²) in [5, 5.41) is 6.87. The Morgan fingerprint density at radius 1 is 1.20 bits per heavy atom. The molecule has 2 amide bonds. The molecule has 0 bridgehead atoms. The maximum absolute atomic E-state index is 13.3. The van der Waals surface area contributed by atoms with Crippen LogP contribution >= 0.6 is 10.6 Å². The van der Waals surface area contributed by atoms with Crippen molar-refractivity contribution < 1.29 is 28.3 Å². The summed E-state index contributed by atoms with van der Waals surface area (Å²) in [6.45, 7) is 7.34. The zero-order valence-electron chi connectivity index (χ0n) is 22.5. The molecule has 214 valence electrons. The first kappa shape index (κ1) is 28.2. The Kier molecular flexibility index (Phi) is 8.47. The molecular weight excluding hydrogens is 536 g/mol. The van der Waals surface area contributed by atoms with Crippen LogP contribution in [0.5, 0.6) is 0 Å². The molecule has 2 atom stereocenters. The van der Waals surface area contributed by atoms with Crippen molar-refractivity contribution in [1.29, 1.82) is 0 Å². The largest absolute Gasteiger partial charge is 0.389 e. The first-order valence-electron chi connectivity index (χ1n) is 13.2. The van der Waals surface area contributed by atoms with E-state index in [0.29, 0.717) is 54.5 Å². The van der Waals surface area contributed by atoms with E-state index in [4.69, 9.17) is 9.57 Å². The van der Waals surface area contributed by atoms with Crippen LogP contribution in [0.3, 0.4) is 0 Å². The van der Waals surface area contributed by atoms with Gasteiger partial charge in [-0.15, -0.1) is 10.6 Å². The molecule has 3 N–H and O–H groups in total. The minimum atomic E-state index is -2.99. The number of nitrogens with zero attached hydrogens (tertiary/aromatic N) is 5. The van der Waals surface area contributed by atoms with Crippen molar-refractivity contribution in [2.45, 2.75) is 50.3 Å². The van der Waals surface area contributed by atoms with E-state index in [1.165, 1.54) is 6.20 Å².